The van der Waals surface area contributed by atoms with Crippen LogP contribution >= 0.6 is 11.8 Å². The number of nitrogen functional groups attached to an aromatic ring is 1. The highest BCUT2D eigenvalue weighted by atomic mass is 32.2. The van der Waals surface area contributed by atoms with E-state index in [1.165, 1.54) is 4.57 Å². The smallest absolute Gasteiger partial charge is 0.326 e. The lowest BCUT2D eigenvalue weighted by Crippen LogP contribution is -2.23. The molecule has 0 bridgehead atoms. The molecule has 1 rings (SSSR count). The maximum absolute atomic E-state index is 11.7. The van der Waals surface area contributed by atoms with Gasteiger partial charge in [0, 0.05) is 6.07 Å². The number of rotatable bonds is 9. The van der Waals surface area contributed by atoms with E-state index in [2.05, 4.69) is 4.98 Å². The van der Waals surface area contributed by atoms with E-state index < -0.39 is 17.5 Å². The Bertz CT molecular complexity index is 603. The van der Waals surface area contributed by atoms with Gasteiger partial charge in [-0.25, -0.2) is 0 Å². The number of carbonyl (C=O) groups excluding carboxylic acids is 2. The molecule has 1 aromatic heterocycles. The van der Waals surface area contributed by atoms with E-state index in [-0.39, 0.29) is 23.3 Å². The molecular formula is C14H21N3O5S. The summed E-state index contributed by atoms with van der Waals surface area (Å²) in [5, 5.41) is 0.178. The van der Waals surface area contributed by atoms with Gasteiger partial charge in [-0.2, -0.15) is 4.98 Å². The van der Waals surface area contributed by atoms with Crippen molar-refractivity contribution in [3.63, 3.8) is 0 Å². The van der Waals surface area contributed by atoms with Crippen LogP contribution in [0.1, 0.15) is 26.7 Å². The van der Waals surface area contributed by atoms with Gasteiger partial charge in [0.05, 0.1) is 19.0 Å². The van der Waals surface area contributed by atoms with E-state index in [1.54, 1.807) is 0 Å². The summed E-state index contributed by atoms with van der Waals surface area (Å²) >= 11 is 0.989. The van der Waals surface area contributed by atoms with Gasteiger partial charge in [-0.15, -0.1) is 0 Å². The van der Waals surface area contributed by atoms with Crippen molar-refractivity contribution < 1.29 is 19.1 Å². The van der Waals surface area contributed by atoms with Gasteiger partial charge in [0.15, 0.2) is 5.16 Å². The first kappa shape index (κ1) is 19.0. The molecule has 0 radical (unpaired) electrons. The first-order chi connectivity index (χ1) is 11.0. The Morgan fingerprint density at radius 2 is 1.83 bits per heavy atom. The zero-order valence-corrected chi connectivity index (χ0v) is 14.1. The fraction of sp³-hybridized carbons (Fsp3) is 0.571. The molecule has 0 aromatic carbocycles. The van der Waals surface area contributed by atoms with E-state index >= 15 is 0 Å². The summed E-state index contributed by atoms with van der Waals surface area (Å²) in [7, 11) is 0. The van der Waals surface area contributed by atoms with Crippen LogP contribution in [0.3, 0.4) is 0 Å². The largest absolute Gasteiger partial charge is 0.465 e. The van der Waals surface area contributed by atoms with Gasteiger partial charge in [0.2, 0.25) is 0 Å². The van der Waals surface area contributed by atoms with Crippen LogP contribution in [0.2, 0.25) is 0 Å². The highest BCUT2D eigenvalue weighted by molar-refractivity contribution is 7.99. The predicted octanol–water partition coefficient (Wildman–Crippen LogP) is 0.824. The number of hydrogen-bond acceptors (Lipinski definition) is 8. The normalized spacial score (nSPS) is 10.3. The van der Waals surface area contributed by atoms with Crippen molar-refractivity contribution in [3.05, 3.63) is 16.4 Å². The molecule has 0 fully saturated rings. The van der Waals surface area contributed by atoms with Crippen molar-refractivity contribution in [1.29, 1.82) is 0 Å². The molecule has 0 unspecified atom stereocenters. The van der Waals surface area contributed by atoms with Gasteiger partial charge in [-0.1, -0.05) is 25.6 Å². The highest BCUT2D eigenvalue weighted by Gasteiger charge is 2.14. The van der Waals surface area contributed by atoms with Gasteiger partial charge >= 0.3 is 11.9 Å². The third-order valence-corrected chi connectivity index (χ3v) is 3.51. The lowest BCUT2D eigenvalue weighted by Gasteiger charge is -2.13. The Labute approximate surface area is 138 Å². The van der Waals surface area contributed by atoms with Crippen molar-refractivity contribution in [3.8, 4) is 0 Å². The maximum atomic E-state index is 11.7. The summed E-state index contributed by atoms with van der Waals surface area (Å²) in [6.45, 7) is 4.23. The number of aromatic nitrogens is 2. The van der Waals surface area contributed by atoms with Gasteiger partial charge < -0.3 is 15.2 Å². The van der Waals surface area contributed by atoms with Crippen molar-refractivity contribution in [2.45, 2.75) is 38.4 Å². The number of hydrogen-bond donors (Lipinski definition) is 1. The molecule has 0 aliphatic carbocycles. The number of anilines is 1. The van der Waals surface area contributed by atoms with Gasteiger partial charge in [-0.05, 0) is 12.8 Å². The minimum absolute atomic E-state index is 0.0279. The third-order valence-electron chi connectivity index (χ3n) is 2.56. The molecule has 8 nitrogen and oxygen atoms in total. The molecule has 9 heteroatoms. The fourth-order valence-corrected chi connectivity index (χ4v) is 2.35. The molecule has 0 aliphatic heterocycles. The summed E-state index contributed by atoms with van der Waals surface area (Å²) in [5.41, 5.74) is 5.23. The maximum Gasteiger partial charge on any atom is 0.326 e. The average Bonchev–Trinajstić information content (AvgIpc) is 2.51. The van der Waals surface area contributed by atoms with Crippen LogP contribution in [-0.4, -0.2) is 40.5 Å². The monoisotopic (exact) mass is 343 g/mol. The van der Waals surface area contributed by atoms with Crippen LogP contribution in [0, 0.1) is 0 Å². The molecule has 1 heterocycles. The number of ether oxygens (including phenoxy) is 2. The van der Waals surface area contributed by atoms with Crippen LogP contribution in [-0.2, 0) is 25.6 Å². The molecular weight excluding hydrogens is 322 g/mol. The second kappa shape index (κ2) is 9.88. The summed E-state index contributed by atoms with van der Waals surface area (Å²) in [6.07, 6.45) is 1.43. The third kappa shape index (κ3) is 6.72. The zero-order valence-electron chi connectivity index (χ0n) is 13.2. The number of nitrogens with two attached hydrogens (primary N) is 1. The molecule has 128 valence electrons. The average molecular weight is 343 g/mol. The van der Waals surface area contributed by atoms with Gasteiger partial charge in [0.25, 0.3) is 5.56 Å². The fourth-order valence-electron chi connectivity index (χ4n) is 1.54. The zero-order chi connectivity index (χ0) is 17.2. The topological polar surface area (TPSA) is 114 Å². The Kier molecular flexibility index (Phi) is 8.17. The van der Waals surface area contributed by atoms with Crippen LogP contribution in [0.25, 0.3) is 0 Å². The van der Waals surface area contributed by atoms with Crippen molar-refractivity contribution >= 4 is 29.5 Å². The minimum Gasteiger partial charge on any atom is -0.465 e. The molecule has 0 spiro atoms. The minimum atomic E-state index is -0.537. The molecule has 0 saturated carbocycles. The quantitative estimate of drug-likeness (QED) is 0.398. The number of carbonyl (C=O) groups is 2. The molecule has 0 atom stereocenters. The van der Waals surface area contributed by atoms with Crippen LogP contribution < -0.4 is 11.3 Å². The number of nitrogens with zero attached hydrogens (tertiary/aromatic N) is 2. The Morgan fingerprint density at radius 3 is 2.43 bits per heavy atom. The lowest BCUT2D eigenvalue weighted by atomic mass is 10.5. The molecule has 2 N–H and O–H groups in total. The van der Waals surface area contributed by atoms with E-state index in [0.717, 1.165) is 24.2 Å². The molecule has 23 heavy (non-hydrogen) atoms. The second-order valence-electron chi connectivity index (χ2n) is 4.62. The van der Waals surface area contributed by atoms with E-state index in [0.29, 0.717) is 19.6 Å². The summed E-state index contributed by atoms with van der Waals surface area (Å²) < 4.78 is 11.3. The molecule has 0 amide bonds. The molecule has 0 saturated heterocycles. The van der Waals surface area contributed by atoms with Crippen molar-refractivity contribution in [1.82, 2.24) is 9.55 Å². The molecule has 1 aromatic rings. The van der Waals surface area contributed by atoms with Crippen molar-refractivity contribution in [2.24, 2.45) is 0 Å². The molecule has 0 aliphatic rings. The van der Waals surface area contributed by atoms with Crippen LogP contribution in [0.5, 0.6) is 0 Å². The Morgan fingerprint density at radius 1 is 1.22 bits per heavy atom. The first-order valence-electron chi connectivity index (χ1n) is 7.29. The SMILES string of the molecule is CCCOC(=O)CSc1nc(=O)cc(N)n1CC(=O)OCCC. The van der Waals surface area contributed by atoms with Gasteiger partial charge in [-0.3, -0.25) is 19.0 Å². The van der Waals surface area contributed by atoms with Crippen LogP contribution in [0.15, 0.2) is 16.0 Å². The van der Waals surface area contributed by atoms with E-state index in [4.69, 9.17) is 15.2 Å². The van der Waals surface area contributed by atoms with Crippen molar-refractivity contribution in [2.75, 3.05) is 24.7 Å². The highest BCUT2D eigenvalue weighted by Crippen LogP contribution is 2.17. The van der Waals surface area contributed by atoms with Crippen LogP contribution in [0.4, 0.5) is 5.82 Å². The number of thioether (sulfide) groups is 1. The predicted molar refractivity (Wildman–Crippen MR) is 86.1 cm³/mol. The summed E-state index contributed by atoms with van der Waals surface area (Å²) in [4.78, 5) is 38.6. The Hall–Kier alpha value is -2.03. The second-order valence-corrected chi connectivity index (χ2v) is 5.56. The Balaban J connectivity index is 2.82. The van der Waals surface area contributed by atoms with E-state index in [9.17, 15) is 14.4 Å². The lowest BCUT2D eigenvalue weighted by molar-refractivity contribution is -0.144. The number of esters is 2. The van der Waals surface area contributed by atoms with Gasteiger partial charge in [0.1, 0.15) is 12.4 Å². The summed E-state index contributed by atoms with van der Waals surface area (Å²) in [6, 6.07) is 1.12. The summed E-state index contributed by atoms with van der Waals surface area (Å²) in [5.74, 6) is -0.851. The van der Waals surface area contributed by atoms with E-state index in [1.807, 2.05) is 13.8 Å². The standard InChI is InChI=1S/C14H21N3O5S/c1-3-5-21-12(19)8-17-10(15)7-11(18)16-14(17)23-9-13(20)22-6-4-2/h7H,3-6,8-9,15H2,1-2H3. The first-order valence-corrected chi connectivity index (χ1v) is 8.27.